The summed E-state index contributed by atoms with van der Waals surface area (Å²) >= 11 is 0. The number of benzene rings is 1. The standard InChI is InChI=1S/C21H23N3O5S/c1-14-17(12-30(26)13-20(25)23-11-15-5-4-8-22-10-15)24-21(29-14)16-6-7-18(27-2)19(9-16)28-3/h4-10H,11-13H2,1-3H3,(H,23,25)/t30-/m1/s1. The molecule has 8 nitrogen and oxygen atoms in total. The van der Waals surface area contributed by atoms with E-state index >= 15 is 0 Å². The second-order valence-corrected chi connectivity index (χ2v) is 7.92. The molecule has 1 amide bonds. The number of aryl methyl sites for hydroxylation is 1. The van der Waals surface area contributed by atoms with E-state index in [0.717, 1.165) is 5.56 Å². The third kappa shape index (κ3) is 5.44. The highest BCUT2D eigenvalue weighted by molar-refractivity contribution is 7.84. The van der Waals surface area contributed by atoms with Gasteiger partial charge < -0.3 is 19.2 Å². The lowest BCUT2D eigenvalue weighted by Crippen LogP contribution is -2.28. The Morgan fingerprint density at radius 3 is 2.70 bits per heavy atom. The van der Waals surface area contributed by atoms with Crippen LogP contribution < -0.4 is 14.8 Å². The predicted octanol–water partition coefficient (Wildman–Crippen LogP) is 2.63. The van der Waals surface area contributed by atoms with Crippen molar-refractivity contribution in [3.05, 3.63) is 59.7 Å². The van der Waals surface area contributed by atoms with Gasteiger partial charge in [0.1, 0.15) is 11.5 Å². The van der Waals surface area contributed by atoms with Crippen LogP contribution in [0.25, 0.3) is 11.5 Å². The van der Waals surface area contributed by atoms with Crippen LogP contribution in [0.5, 0.6) is 11.5 Å². The van der Waals surface area contributed by atoms with Gasteiger partial charge in [-0.1, -0.05) is 6.07 Å². The van der Waals surface area contributed by atoms with E-state index in [2.05, 4.69) is 15.3 Å². The van der Waals surface area contributed by atoms with E-state index in [9.17, 15) is 9.00 Å². The van der Waals surface area contributed by atoms with E-state index in [0.29, 0.717) is 41.0 Å². The SMILES string of the molecule is COc1ccc(-c2nc(C[S@@](=O)CC(=O)NCc3cccnc3)c(C)o2)cc1OC. The first-order chi connectivity index (χ1) is 14.5. The van der Waals surface area contributed by atoms with Gasteiger partial charge in [0.25, 0.3) is 0 Å². The molecule has 2 heterocycles. The lowest BCUT2D eigenvalue weighted by molar-refractivity contribution is -0.118. The fourth-order valence-electron chi connectivity index (χ4n) is 2.76. The average Bonchev–Trinajstić information content (AvgIpc) is 3.12. The van der Waals surface area contributed by atoms with Crippen molar-refractivity contribution in [1.82, 2.24) is 15.3 Å². The quantitative estimate of drug-likeness (QED) is 0.558. The number of oxazole rings is 1. The van der Waals surface area contributed by atoms with Crippen LogP contribution in [0.1, 0.15) is 17.0 Å². The molecule has 30 heavy (non-hydrogen) atoms. The lowest BCUT2D eigenvalue weighted by Gasteiger charge is -2.07. The molecule has 158 valence electrons. The largest absolute Gasteiger partial charge is 0.493 e. The number of carbonyl (C=O) groups excluding carboxylic acids is 1. The van der Waals surface area contributed by atoms with Crippen LogP contribution in [-0.2, 0) is 27.9 Å². The molecular weight excluding hydrogens is 406 g/mol. The van der Waals surface area contributed by atoms with Gasteiger partial charge in [-0.25, -0.2) is 4.98 Å². The number of nitrogens with zero attached hydrogens (tertiary/aromatic N) is 2. The lowest BCUT2D eigenvalue weighted by atomic mass is 10.2. The van der Waals surface area contributed by atoms with Gasteiger partial charge in [-0.2, -0.15) is 0 Å². The highest BCUT2D eigenvalue weighted by Gasteiger charge is 2.17. The van der Waals surface area contributed by atoms with Crippen molar-refractivity contribution < 1.29 is 22.9 Å². The maximum atomic E-state index is 12.4. The third-order valence-electron chi connectivity index (χ3n) is 4.33. The first-order valence-electron chi connectivity index (χ1n) is 9.19. The van der Waals surface area contributed by atoms with Crippen LogP contribution in [0.15, 0.2) is 47.1 Å². The normalized spacial score (nSPS) is 11.7. The predicted molar refractivity (Wildman–Crippen MR) is 113 cm³/mol. The molecule has 0 bridgehead atoms. The third-order valence-corrected chi connectivity index (χ3v) is 5.50. The van der Waals surface area contributed by atoms with Crippen LogP contribution in [0.4, 0.5) is 0 Å². The van der Waals surface area contributed by atoms with E-state index in [-0.39, 0.29) is 17.4 Å². The first kappa shape index (κ1) is 21.5. The summed E-state index contributed by atoms with van der Waals surface area (Å²) in [6, 6.07) is 8.98. The van der Waals surface area contributed by atoms with Crippen LogP contribution >= 0.6 is 0 Å². The summed E-state index contributed by atoms with van der Waals surface area (Å²) in [7, 11) is 1.70. The summed E-state index contributed by atoms with van der Waals surface area (Å²) in [4.78, 5) is 20.5. The second-order valence-electron chi connectivity index (χ2n) is 6.46. The maximum absolute atomic E-state index is 12.4. The molecule has 0 aliphatic heterocycles. The average molecular weight is 429 g/mol. The van der Waals surface area contributed by atoms with Gasteiger partial charge in [0.2, 0.25) is 11.8 Å². The molecule has 1 N–H and O–H groups in total. The zero-order valence-corrected chi connectivity index (χ0v) is 17.8. The molecule has 2 aromatic heterocycles. The number of hydrogen-bond donors (Lipinski definition) is 1. The summed E-state index contributed by atoms with van der Waals surface area (Å²) in [5, 5.41) is 2.74. The van der Waals surface area contributed by atoms with Gasteiger partial charge in [-0.15, -0.1) is 0 Å². The molecule has 0 radical (unpaired) electrons. The van der Waals surface area contributed by atoms with Gasteiger partial charge in [-0.3, -0.25) is 14.0 Å². The molecule has 3 aromatic rings. The van der Waals surface area contributed by atoms with Crippen molar-refractivity contribution in [3.8, 4) is 23.0 Å². The van der Waals surface area contributed by atoms with E-state index in [4.69, 9.17) is 13.9 Å². The minimum atomic E-state index is -1.42. The van der Waals surface area contributed by atoms with Gasteiger partial charge >= 0.3 is 0 Å². The van der Waals surface area contributed by atoms with Crippen LogP contribution in [0, 0.1) is 6.92 Å². The number of carbonyl (C=O) groups is 1. The Hall–Kier alpha value is -3.20. The van der Waals surface area contributed by atoms with Gasteiger partial charge in [0.05, 0.1) is 25.7 Å². The fraction of sp³-hybridized carbons (Fsp3) is 0.286. The molecule has 0 unspecified atom stereocenters. The smallest absolute Gasteiger partial charge is 0.232 e. The summed E-state index contributed by atoms with van der Waals surface area (Å²) in [6.07, 6.45) is 3.34. The molecule has 0 fully saturated rings. The van der Waals surface area contributed by atoms with Gasteiger partial charge in [0, 0.05) is 35.3 Å². The first-order valence-corrected chi connectivity index (χ1v) is 10.7. The molecule has 0 aliphatic carbocycles. The second kappa shape index (κ2) is 10.0. The Morgan fingerprint density at radius 2 is 2.00 bits per heavy atom. The Bertz CT molecular complexity index is 1040. The summed E-state index contributed by atoms with van der Waals surface area (Å²) in [5.41, 5.74) is 2.14. The number of nitrogens with one attached hydrogen (secondary N) is 1. The zero-order chi connectivity index (χ0) is 21.5. The molecular formula is C21H23N3O5S. The fourth-order valence-corrected chi connectivity index (χ4v) is 3.83. The van der Waals surface area contributed by atoms with Crippen molar-refractivity contribution in [3.63, 3.8) is 0 Å². The monoisotopic (exact) mass is 429 g/mol. The zero-order valence-electron chi connectivity index (χ0n) is 17.0. The number of methoxy groups -OCH3 is 2. The number of aromatic nitrogens is 2. The highest BCUT2D eigenvalue weighted by atomic mass is 32.2. The molecule has 1 aromatic carbocycles. The number of amides is 1. The Balaban J connectivity index is 1.61. The molecule has 0 spiro atoms. The number of pyridine rings is 1. The van der Waals surface area contributed by atoms with Crippen LogP contribution in [-0.4, -0.2) is 40.1 Å². The van der Waals surface area contributed by atoms with Crippen LogP contribution in [0.2, 0.25) is 0 Å². The summed E-state index contributed by atoms with van der Waals surface area (Å²) in [5.74, 6) is 1.83. The van der Waals surface area contributed by atoms with Crippen molar-refractivity contribution in [2.45, 2.75) is 19.2 Å². The molecule has 1 atom stereocenters. The number of rotatable bonds is 9. The molecule has 3 rings (SSSR count). The van der Waals surface area contributed by atoms with Crippen molar-refractivity contribution in [2.24, 2.45) is 0 Å². The summed E-state index contributed by atoms with van der Waals surface area (Å²) < 4.78 is 28.7. The molecule has 0 saturated carbocycles. The van der Waals surface area contributed by atoms with Crippen molar-refractivity contribution in [2.75, 3.05) is 20.0 Å². The summed E-state index contributed by atoms with van der Waals surface area (Å²) in [6.45, 7) is 2.10. The number of hydrogen-bond acceptors (Lipinski definition) is 7. The highest BCUT2D eigenvalue weighted by Crippen LogP contribution is 2.32. The van der Waals surface area contributed by atoms with E-state index in [1.807, 2.05) is 6.07 Å². The molecule has 9 heteroatoms. The van der Waals surface area contributed by atoms with E-state index in [1.165, 1.54) is 0 Å². The minimum Gasteiger partial charge on any atom is -0.493 e. The van der Waals surface area contributed by atoms with E-state index in [1.54, 1.807) is 57.8 Å². The van der Waals surface area contributed by atoms with Crippen molar-refractivity contribution >= 4 is 16.7 Å². The maximum Gasteiger partial charge on any atom is 0.232 e. The Morgan fingerprint density at radius 1 is 1.20 bits per heavy atom. The Labute approximate surface area is 177 Å². The molecule has 0 aliphatic rings. The topological polar surface area (TPSA) is 104 Å². The van der Waals surface area contributed by atoms with Gasteiger partial charge in [0.15, 0.2) is 11.5 Å². The van der Waals surface area contributed by atoms with Gasteiger partial charge in [-0.05, 0) is 36.8 Å². The van der Waals surface area contributed by atoms with E-state index < -0.39 is 10.8 Å². The van der Waals surface area contributed by atoms with Crippen LogP contribution in [0.3, 0.4) is 0 Å². The minimum absolute atomic E-state index is 0.113. The number of ether oxygens (including phenoxy) is 2. The Kier molecular flexibility index (Phi) is 7.18. The van der Waals surface area contributed by atoms with Crippen molar-refractivity contribution in [1.29, 1.82) is 0 Å². The molecule has 0 saturated heterocycles.